The molecule has 1 amide bonds. The van der Waals surface area contributed by atoms with Crippen molar-refractivity contribution in [3.05, 3.63) is 0 Å². The number of likely N-dealkylation sites (tertiary alicyclic amines) is 1. The summed E-state index contributed by atoms with van der Waals surface area (Å²) in [6, 6.07) is 0. The van der Waals surface area contributed by atoms with Gasteiger partial charge in [0.25, 0.3) is 0 Å². The Balaban J connectivity index is 2.48. The Kier molecular flexibility index (Phi) is 5.29. The van der Waals surface area contributed by atoms with Crippen molar-refractivity contribution in [2.24, 2.45) is 11.3 Å². The summed E-state index contributed by atoms with van der Waals surface area (Å²) in [6.45, 7) is 11.0. The molecule has 3 nitrogen and oxygen atoms in total. The first-order valence-electron chi connectivity index (χ1n) is 6.99. The maximum Gasteiger partial charge on any atom is 0.409 e. The number of hydrogen-bond donors (Lipinski definition) is 0. The number of hydrogen-bond acceptors (Lipinski definition) is 2. The Bertz CT molecular complexity index is 241. The number of carbonyl (C=O) groups is 1. The lowest BCUT2D eigenvalue weighted by Crippen LogP contribution is -2.42. The van der Waals surface area contributed by atoms with Crippen molar-refractivity contribution in [2.45, 2.75) is 53.4 Å². The van der Waals surface area contributed by atoms with Gasteiger partial charge in [0.2, 0.25) is 0 Å². The zero-order valence-corrected chi connectivity index (χ0v) is 11.8. The summed E-state index contributed by atoms with van der Waals surface area (Å²) >= 11 is 0. The molecule has 0 aromatic heterocycles. The van der Waals surface area contributed by atoms with Crippen LogP contribution in [0.1, 0.15) is 53.4 Å². The number of ether oxygens (including phenoxy) is 1. The standard InChI is InChI=1S/C14H27NO2/c1-5-14(4,6-2)12-8-10-15(11-9-12)13(16)17-7-3/h12H,5-11H2,1-4H3. The summed E-state index contributed by atoms with van der Waals surface area (Å²) in [4.78, 5) is 13.5. The molecule has 17 heavy (non-hydrogen) atoms. The first-order chi connectivity index (χ1) is 8.07. The number of carbonyl (C=O) groups excluding carboxylic acids is 1. The second-order valence-corrected chi connectivity index (χ2v) is 5.32. The van der Waals surface area contributed by atoms with E-state index in [-0.39, 0.29) is 6.09 Å². The van der Waals surface area contributed by atoms with Crippen molar-refractivity contribution in [1.82, 2.24) is 4.90 Å². The van der Waals surface area contributed by atoms with Crippen LogP contribution in [0.2, 0.25) is 0 Å². The van der Waals surface area contributed by atoms with Crippen LogP contribution in [0, 0.1) is 11.3 Å². The smallest absolute Gasteiger partial charge is 0.409 e. The van der Waals surface area contributed by atoms with Crippen molar-refractivity contribution < 1.29 is 9.53 Å². The van der Waals surface area contributed by atoms with Crippen molar-refractivity contribution in [2.75, 3.05) is 19.7 Å². The predicted octanol–water partition coefficient (Wildman–Crippen LogP) is 3.68. The zero-order valence-electron chi connectivity index (χ0n) is 11.8. The number of amides is 1. The summed E-state index contributed by atoms with van der Waals surface area (Å²) in [6.07, 6.45) is 4.57. The summed E-state index contributed by atoms with van der Waals surface area (Å²) in [7, 11) is 0. The van der Waals surface area contributed by atoms with Gasteiger partial charge < -0.3 is 9.64 Å². The molecular weight excluding hydrogens is 214 g/mol. The van der Waals surface area contributed by atoms with Gasteiger partial charge in [0, 0.05) is 13.1 Å². The van der Waals surface area contributed by atoms with Crippen LogP contribution in [0.25, 0.3) is 0 Å². The summed E-state index contributed by atoms with van der Waals surface area (Å²) in [5.41, 5.74) is 0.445. The van der Waals surface area contributed by atoms with Crippen LogP contribution < -0.4 is 0 Å². The quantitative estimate of drug-likeness (QED) is 0.751. The van der Waals surface area contributed by atoms with E-state index in [0.29, 0.717) is 12.0 Å². The molecule has 1 heterocycles. The molecular formula is C14H27NO2. The third kappa shape index (κ3) is 3.36. The topological polar surface area (TPSA) is 29.5 Å². The van der Waals surface area contributed by atoms with E-state index >= 15 is 0 Å². The van der Waals surface area contributed by atoms with Crippen LogP contribution in [0.3, 0.4) is 0 Å². The van der Waals surface area contributed by atoms with Gasteiger partial charge >= 0.3 is 6.09 Å². The summed E-state index contributed by atoms with van der Waals surface area (Å²) in [5, 5.41) is 0. The van der Waals surface area contributed by atoms with Gasteiger partial charge in [0.05, 0.1) is 6.61 Å². The highest BCUT2D eigenvalue weighted by atomic mass is 16.6. The molecule has 0 radical (unpaired) electrons. The minimum absolute atomic E-state index is 0.138. The number of rotatable bonds is 4. The van der Waals surface area contributed by atoms with Gasteiger partial charge in [-0.1, -0.05) is 33.6 Å². The van der Waals surface area contributed by atoms with Crippen molar-refractivity contribution in [3.8, 4) is 0 Å². The SMILES string of the molecule is CCOC(=O)N1CCC(C(C)(CC)CC)CC1. The third-order valence-corrected chi connectivity index (χ3v) is 4.62. The van der Waals surface area contributed by atoms with Crippen molar-refractivity contribution in [3.63, 3.8) is 0 Å². The van der Waals surface area contributed by atoms with Crippen LogP contribution in [-0.2, 0) is 4.74 Å². The molecule has 1 aliphatic rings. The van der Waals surface area contributed by atoms with Crippen LogP contribution in [0.15, 0.2) is 0 Å². The molecule has 1 aliphatic heterocycles. The van der Waals surface area contributed by atoms with E-state index in [0.717, 1.165) is 31.8 Å². The van der Waals surface area contributed by atoms with Gasteiger partial charge in [-0.15, -0.1) is 0 Å². The molecule has 1 rings (SSSR count). The fourth-order valence-electron chi connectivity index (χ4n) is 2.80. The fourth-order valence-corrected chi connectivity index (χ4v) is 2.80. The van der Waals surface area contributed by atoms with Gasteiger partial charge in [-0.05, 0) is 31.1 Å². The summed E-state index contributed by atoms with van der Waals surface area (Å²) < 4.78 is 5.04. The van der Waals surface area contributed by atoms with E-state index in [9.17, 15) is 4.79 Å². The van der Waals surface area contributed by atoms with E-state index in [4.69, 9.17) is 4.74 Å². The lowest BCUT2D eigenvalue weighted by Gasteiger charge is -2.41. The molecule has 0 spiro atoms. The zero-order chi connectivity index (χ0) is 12.9. The van der Waals surface area contributed by atoms with Crippen molar-refractivity contribution >= 4 is 6.09 Å². The van der Waals surface area contributed by atoms with E-state index in [1.165, 1.54) is 12.8 Å². The monoisotopic (exact) mass is 241 g/mol. The average Bonchev–Trinajstić information content (AvgIpc) is 2.38. The van der Waals surface area contributed by atoms with Gasteiger partial charge in [-0.25, -0.2) is 4.79 Å². The van der Waals surface area contributed by atoms with Gasteiger partial charge in [0.15, 0.2) is 0 Å². The normalized spacial score (nSPS) is 18.2. The van der Waals surface area contributed by atoms with Crippen LogP contribution in [0.4, 0.5) is 4.79 Å². The maximum absolute atomic E-state index is 11.6. The molecule has 0 bridgehead atoms. The molecule has 0 aliphatic carbocycles. The number of nitrogens with zero attached hydrogens (tertiary/aromatic N) is 1. The lowest BCUT2D eigenvalue weighted by atomic mass is 9.69. The molecule has 1 fully saturated rings. The molecule has 3 heteroatoms. The van der Waals surface area contributed by atoms with Crippen LogP contribution in [-0.4, -0.2) is 30.7 Å². The lowest BCUT2D eigenvalue weighted by molar-refractivity contribution is 0.0602. The van der Waals surface area contributed by atoms with E-state index in [2.05, 4.69) is 20.8 Å². The number of piperidine rings is 1. The average molecular weight is 241 g/mol. The second-order valence-electron chi connectivity index (χ2n) is 5.32. The highest BCUT2D eigenvalue weighted by Crippen LogP contribution is 2.40. The molecule has 100 valence electrons. The van der Waals surface area contributed by atoms with Crippen LogP contribution >= 0.6 is 0 Å². The van der Waals surface area contributed by atoms with Crippen LogP contribution in [0.5, 0.6) is 0 Å². The molecule has 0 aromatic carbocycles. The minimum atomic E-state index is -0.138. The van der Waals surface area contributed by atoms with Gasteiger partial charge in [0.1, 0.15) is 0 Å². The fraction of sp³-hybridized carbons (Fsp3) is 0.929. The molecule has 1 saturated heterocycles. The first-order valence-corrected chi connectivity index (χ1v) is 6.99. The highest BCUT2D eigenvalue weighted by molar-refractivity contribution is 5.67. The molecule has 0 saturated carbocycles. The maximum atomic E-state index is 11.6. The third-order valence-electron chi connectivity index (χ3n) is 4.62. The Hall–Kier alpha value is -0.730. The largest absolute Gasteiger partial charge is 0.450 e. The van der Waals surface area contributed by atoms with E-state index in [1.54, 1.807) is 0 Å². The second kappa shape index (κ2) is 6.27. The highest BCUT2D eigenvalue weighted by Gasteiger charge is 2.34. The summed E-state index contributed by atoms with van der Waals surface area (Å²) in [5.74, 6) is 0.753. The Labute approximate surface area is 106 Å². The van der Waals surface area contributed by atoms with Gasteiger partial charge in [-0.2, -0.15) is 0 Å². The molecule has 0 N–H and O–H groups in total. The Morgan fingerprint density at radius 3 is 2.18 bits per heavy atom. The Morgan fingerprint density at radius 2 is 1.76 bits per heavy atom. The van der Waals surface area contributed by atoms with Crippen molar-refractivity contribution in [1.29, 1.82) is 0 Å². The van der Waals surface area contributed by atoms with E-state index in [1.807, 2.05) is 11.8 Å². The van der Waals surface area contributed by atoms with Gasteiger partial charge in [-0.3, -0.25) is 0 Å². The first kappa shape index (κ1) is 14.3. The predicted molar refractivity (Wildman–Crippen MR) is 70.0 cm³/mol. The minimum Gasteiger partial charge on any atom is -0.450 e. The Morgan fingerprint density at radius 1 is 1.24 bits per heavy atom. The molecule has 0 atom stereocenters. The molecule has 0 aromatic rings. The van der Waals surface area contributed by atoms with E-state index < -0.39 is 0 Å². The molecule has 0 unspecified atom stereocenters.